The molecule has 0 aliphatic heterocycles. The van der Waals surface area contributed by atoms with Crippen molar-refractivity contribution in [2.45, 2.75) is 6.42 Å². The Morgan fingerprint density at radius 2 is 1.84 bits per heavy atom. The van der Waals surface area contributed by atoms with Gasteiger partial charge in [-0.3, -0.25) is 4.79 Å². The Labute approximate surface area is 110 Å². The molecule has 0 unspecified atom stereocenters. The molecule has 0 fully saturated rings. The maximum absolute atomic E-state index is 10.7. The second kappa shape index (κ2) is 4.61. The lowest BCUT2D eigenvalue weighted by Crippen LogP contribution is -1.97. The fraction of sp³-hybridized carbons (Fsp3) is 0.0625. The van der Waals surface area contributed by atoms with E-state index in [0.717, 1.165) is 22.1 Å². The van der Waals surface area contributed by atoms with Crippen LogP contribution in [0.5, 0.6) is 0 Å². The van der Waals surface area contributed by atoms with Crippen molar-refractivity contribution in [1.29, 1.82) is 0 Å². The van der Waals surface area contributed by atoms with Crippen LogP contribution in [0.25, 0.3) is 22.1 Å². The molecule has 0 amide bonds. The highest BCUT2D eigenvalue weighted by Crippen LogP contribution is 2.30. The Bertz CT molecular complexity index is 726. The first-order valence-electron chi connectivity index (χ1n) is 6.03. The molecule has 0 spiro atoms. The molecule has 3 nitrogen and oxygen atoms in total. The van der Waals surface area contributed by atoms with Crippen molar-refractivity contribution in [3.05, 3.63) is 60.4 Å². The maximum atomic E-state index is 10.7. The molecule has 0 radical (unpaired) electrons. The number of carboxylic acid groups (broad SMARTS) is 1. The van der Waals surface area contributed by atoms with E-state index in [-0.39, 0.29) is 6.42 Å². The van der Waals surface area contributed by atoms with Crippen LogP contribution in [0.2, 0.25) is 0 Å². The van der Waals surface area contributed by atoms with Crippen molar-refractivity contribution >= 4 is 16.9 Å². The topological polar surface area (TPSA) is 50.4 Å². The summed E-state index contributed by atoms with van der Waals surface area (Å²) >= 11 is 0. The van der Waals surface area contributed by atoms with Crippen molar-refractivity contribution in [2.75, 3.05) is 0 Å². The van der Waals surface area contributed by atoms with Gasteiger partial charge in [-0.25, -0.2) is 0 Å². The van der Waals surface area contributed by atoms with E-state index in [1.165, 1.54) is 0 Å². The minimum absolute atomic E-state index is 0.0943. The molecule has 3 aromatic rings. The molecule has 0 saturated heterocycles. The van der Waals surface area contributed by atoms with Crippen molar-refractivity contribution < 1.29 is 14.3 Å². The molecule has 19 heavy (non-hydrogen) atoms. The Morgan fingerprint density at radius 1 is 1.05 bits per heavy atom. The zero-order chi connectivity index (χ0) is 13.2. The molecule has 2 aromatic carbocycles. The predicted molar refractivity (Wildman–Crippen MR) is 73.0 cm³/mol. The molecular weight excluding hydrogens is 240 g/mol. The minimum atomic E-state index is -0.889. The first-order valence-corrected chi connectivity index (χ1v) is 6.03. The number of carboxylic acids is 1. The molecule has 1 N–H and O–H groups in total. The average Bonchev–Trinajstić information content (AvgIpc) is 2.80. The number of furan rings is 1. The fourth-order valence-electron chi connectivity index (χ4n) is 2.20. The normalized spacial score (nSPS) is 10.7. The van der Waals surface area contributed by atoms with Gasteiger partial charge in [-0.05, 0) is 11.6 Å². The fourth-order valence-corrected chi connectivity index (χ4v) is 2.20. The highest BCUT2D eigenvalue weighted by Gasteiger charge is 2.11. The molecule has 0 aliphatic carbocycles. The number of fused-ring (bicyclic) bond motifs is 1. The summed E-state index contributed by atoms with van der Waals surface area (Å²) in [6, 6.07) is 17.6. The van der Waals surface area contributed by atoms with Gasteiger partial charge in [-0.1, -0.05) is 48.5 Å². The third-order valence-corrected chi connectivity index (χ3v) is 3.01. The standard InChI is InChI=1S/C16H12O3/c17-15(18)10-13-9-12-7-4-8-14(16(12)19-13)11-5-2-1-3-6-11/h1-9H,10H2,(H,17,18). The highest BCUT2D eigenvalue weighted by molar-refractivity contribution is 5.93. The Hall–Kier alpha value is -2.55. The van der Waals surface area contributed by atoms with E-state index < -0.39 is 5.97 Å². The number of carbonyl (C=O) groups is 1. The van der Waals surface area contributed by atoms with Crippen LogP contribution < -0.4 is 0 Å². The van der Waals surface area contributed by atoms with Gasteiger partial charge >= 0.3 is 5.97 Å². The van der Waals surface area contributed by atoms with Gasteiger partial charge in [0.2, 0.25) is 0 Å². The van der Waals surface area contributed by atoms with Gasteiger partial charge in [0.1, 0.15) is 17.8 Å². The molecular formula is C16H12O3. The van der Waals surface area contributed by atoms with E-state index in [2.05, 4.69) is 0 Å². The van der Waals surface area contributed by atoms with Crippen molar-refractivity contribution in [3.8, 4) is 11.1 Å². The van der Waals surface area contributed by atoms with Crippen LogP contribution in [0.4, 0.5) is 0 Å². The monoisotopic (exact) mass is 252 g/mol. The van der Waals surface area contributed by atoms with Crippen LogP contribution >= 0.6 is 0 Å². The summed E-state index contributed by atoms with van der Waals surface area (Å²) in [5.74, 6) is -0.411. The van der Waals surface area contributed by atoms with Gasteiger partial charge in [0, 0.05) is 10.9 Å². The molecule has 3 heteroatoms. The van der Waals surface area contributed by atoms with Gasteiger partial charge in [0.25, 0.3) is 0 Å². The zero-order valence-corrected chi connectivity index (χ0v) is 10.2. The molecule has 0 atom stereocenters. The van der Waals surface area contributed by atoms with Crippen LogP contribution in [0.3, 0.4) is 0 Å². The number of hydrogen-bond acceptors (Lipinski definition) is 2. The number of para-hydroxylation sites is 1. The Kier molecular flexibility index (Phi) is 2.80. The van der Waals surface area contributed by atoms with E-state index in [4.69, 9.17) is 9.52 Å². The van der Waals surface area contributed by atoms with Crippen molar-refractivity contribution in [2.24, 2.45) is 0 Å². The van der Waals surface area contributed by atoms with E-state index in [1.807, 2.05) is 48.5 Å². The summed E-state index contributed by atoms with van der Waals surface area (Å²) in [7, 11) is 0. The van der Waals surface area contributed by atoms with Gasteiger partial charge in [-0.15, -0.1) is 0 Å². The number of rotatable bonds is 3. The van der Waals surface area contributed by atoms with Gasteiger partial charge in [-0.2, -0.15) is 0 Å². The average molecular weight is 252 g/mol. The zero-order valence-electron chi connectivity index (χ0n) is 10.2. The highest BCUT2D eigenvalue weighted by atomic mass is 16.4. The summed E-state index contributed by atoms with van der Waals surface area (Å²) in [4.78, 5) is 10.7. The Balaban J connectivity index is 2.15. The van der Waals surface area contributed by atoms with Crippen LogP contribution in [0, 0.1) is 0 Å². The van der Waals surface area contributed by atoms with E-state index in [1.54, 1.807) is 6.07 Å². The van der Waals surface area contributed by atoms with E-state index in [0.29, 0.717) is 5.76 Å². The van der Waals surface area contributed by atoms with Crippen LogP contribution in [0.15, 0.2) is 59.0 Å². The number of hydrogen-bond donors (Lipinski definition) is 1. The third-order valence-electron chi connectivity index (χ3n) is 3.01. The summed E-state index contributed by atoms with van der Waals surface area (Å²) in [6.45, 7) is 0. The Morgan fingerprint density at radius 3 is 2.58 bits per heavy atom. The van der Waals surface area contributed by atoms with E-state index >= 15 is 0 Å². The smallest absolute Gasteiger partial charge is 0.311 e. The molecule has 0 saturated carbocycles. The van der Waals surface area contributed by atoms with Gasteiger partial charge < -0.3 is 9.52 Å². The summed E-state index contributed by atoms with van der Waals surface area (Å²) in [5, 5.41) is 9.75. The lowest BCUT2D eigenvalue weighted by atomic mass is 10.0. The molecule has 94 valence electrons. The summed E-state index contributed by atoms with van der Waals surface area (Å²) < 4.78 is 5.68. The summed E-state index contributed by atoms with van der Waals surface area (Å²) in [5.41, 5.74) is 2.78. The van der Waals surface area contributed by atoms with Gasteiger partial charge in [0.05, 0.1) is 0 Å². The van der Waals surface area contributed by atoms with Crippen LogP contribution in [0.1, 0.15) is 5.76 Å². The van der Waals surface area contributed by atoms with Crippen LogP contribution in [-0.4, -0.2) is 11.1 Å². The maximum Gasteiger partial charge on any atom is 0.311 e. The number of benzene rings is 2. The SMILES string of the molecule is O=C(O)Cc1cc2cccc(-c3ccccc3)c2o1. The lowest BCUT2D eigenvalue weighted by molar-refractivity contribution is -0.136. The molecule has 3 rings (SSSR count). The van der Waals surface area contributed by atoms with E-state index in [9.17, 15) is 4.79 Å². The first kappa shape index (κ1) is 11.5. The second-order valence-corrected chi connectivity index (χ2v) is 4.37. The first-order chi connectivity index (χ1) is 9.24. The third kappa shape index (κ3) is 2.22. The van der Waals surface area contributed by atoms with Gasteiger partial charge in [0.15, 0.2) is 0 Å². The molecule has 0 aliphatic rings. The second-order valence-electron chi connectivity index (χ2n) is 4.37. The van der Waals surface area contributed by atoms with Crippen LogP contribution in [-0.2, 0) is 11.2 Å². The lowest BCUT2D eigenvalue weighted by Gasteiger charge is -2.01. The summed E-state index contributed by atoms with van der Waals surface area (Å²) in [6.07, 6.45) is -0.0943. The predicted octanol–water partition coefficient (Wildman–Crippen LogP) is 3.73. The molecule has 1 heterocycles. The molecule has 1 aromatic heterocycles. The largest absolute Gasteiger partial charge is 0.481 e. The molecule has 0 bridgehead atoms. The van der Waals surface area contributed by atoms with Crippen molar-refractivity contribution in [1.82, 2.24) is 0 Å². The minimum Gasteiger partial charge on any atom is -0.481 e. The number of aliphatic carboxylic acids is 1. The quantitative estimate of drug-likeness (QED) is 0.772. The van der Waals surface area contributed by atoms with Crippen molar-refractivity contribution in [3.63, 3.8) is 0 Å².